The van der Waals surface area contributed by atoms with Crippen LogP contribution < -0.4 is 0 Å². The van der Waals surface area contributed by atoms with Crippen molar-refractivity contribution >= 4 is 15.9 Å². The van der Waals surface area contributed by atoms with Gasteiger partial charge in [-0.15, -0.1) is 0 Å². The van der Waals surface area contributed by atoms with Gasteiger partial charge in [0.25, 0.3) is 0 Å². The summed E-state index contributed by atoms with van der Waals surface area (Å²) in [6.07, 6.45) is 1.74. The molecule has 3 aromatic rings. The van der Waals surface area contributed by atoms with Crippen LogP contribution in [0, 0.1) is 0 Å². The molecule has 4 heteroatoms. The molecule has 3 rings (SSSR count). The molecule has 0 aliphatic rings. The van der Waals surface area contributed by atoms with Gasteiger partial charge in [-0.05, 0) is 36.9 Å². The van der Waals surface area contributed by atoms with Crippen LogP contribution in [0.5, 0.6) is 0 Å². The van der Waals surface area contributed by atoms with Crippen molar-refractivity contribution in [3.8, 4) is 11.5 Å². The highest BCUT2D eigenvalue weighted by Crippen LogP contribution is 2.19. The van der Waals surface area contributed by atoms with E-state index in [4.69, 9.17) is 4.42 Å². The first-order valence-corrected chi connectivity index (χ1v) is 7.93. The third-order valence-corrected chi connectivity index (χ3v) is 3.90. The Bertz CT molecular complexity index is 722. The molecule has 0 bridgehead atoms. The van der Waals surface area contributed by atoms with Gasteiger partial charge >= 0.3 is 0 Å². The maximum absolute atomic E-state index is 5.57. The lowest BCUT2D eigenvalue weighted by atomic mass is 10.2. The first-order valence-electron chi connectivity index (χ1n) is 7.13. The maximum Gasteiger partial charge on any atom is 0.226 e. The van der Waals surface area contributed by atoms with E-state index in [1.165, 1.54) is 5.56 Å². The molecule has 0 aliphatic heterocycles. The summed E-state index contributed by atoms with van der Waals surface area (Å²) in [6, 6.07) is 18.3. The van der Waals surface area contributed by atoms with Gasteiger partial charge in [0.2, 0.25) is 5.89 Å². The largest absolute Gasteiger partial charge is 0.444 e. The summed E-state index contributed by atoms with van der Waals surface area (Å²) in [4.78, 5) is 6.78. The van der Waals surface area contributed by atoms with Gasteiger partial charge in [0.05, 0.1) is 5.69 Å². The van der Waals surface area contributed by atoms with Crippen LogP contribution in [0.15, 0.2) is 69.8 Å². The van der Waals surface area contributed by atoms with Gasteiger partial charge in [-0.3, -0.25) is 4.90 Å². The minimum atomic E-state index is 0.674. The molecule has 3 nitrogen and oxygen atoms in total. The number of hydrogen-bond donors (Lipinski definition) is 0. The molecule has 0 aliphatic carbocycles. The van der Waals surface area contributed by atoms with Crippen LogP contribution in [0.1, 0.15) is 11.3 Å². The first kappa shape index (κ1) is 15.0. The number of oxazole rings is 1. The van der Waals surface area contributed by atoms with Crippen LogP contribution in [-0.2, 0) is 13.1 Å². The summed E-state index contributed by atoms with van der Waals surface area (Å²) in [7, 11) is 2.08. The van der Waals surface area contributed by atoms with Crippen LogP contribution in [0.2, 0.25) is 0 Å². The molecule has 0 saturated carbocycles. The summed E-state index contributed by atoms with van der Waals surface area (Å²) in [5.74, 6) is 0.674. The second kappa shape index (κ2) is 6.90. The number of rotatable bonds is 5. The topological polar surface area (TPSA) is 29.3 Å². The normalized spacial score (nSPS) is 11.0. The quantitative estimate of drug-likeness (QED) is 0.661. The van der Waals surface area contributed by atoms with E-state index in [0.29, 0.717) is 5.89 Å². The number of halogens is 1. The van der Waals surface area contributed by atoms with E-state index in [1.54, 1.807) is 6.26 Å². The molecule has 1 aromatic heterocycles. The number of hydrogen-bond acceptors (Lipinski definition) is 3. The molecule has 0 unspecified atom stereocenters. The third kappa shape index (κ3) is 3.84. The van der Waals surface area contributed by atoms with E-state index in [9.17, 15) is 0 Å². The van der Waals surface area contributed by atoms with Crippen molar-refractivity contribution in [1.82, 2.24) is 9.88 Å². The zero-order chi connectivity index (χ0) is 15.4. The van der Waals surface area contributed by atoms with Gasteiger partial charge in [-0.2, -0.15) is 0 Å². The smallest absolute Gasteiger partial charge is 0.226 e. The lowest BCUT2D eigenvalue weighted by Crippen LogP contribution is -2.17. The molecule has 2 aromatic carbocycles. The lowest BCUT2D eigenvalue weighted by Gasteiger charge is -2.14. The Morgan fingerprint density at radius 2 is 1.73 bits per heavy atom. The second-order valence-electron chi connectivity index (χ2n) is 5.31. The van der Waals surface area contributed by atoms with Crippen molar-refractivity contribution in [1.29, 1.82) is 0 Å². The summed E-state index contributed by atoms with van der Waals surface area (Å²) in [6.45, 7) is 1.63. The Balaban J connectivity index is 1.63. The van der Waals surface area contributed by atoms with Crippen molar-refractivity contribution in [2.45, 2.75) is 13.1 Å². The minimum Gasteiger partial charge on any atom is -0.444 e. The fraction of sp³-hybridized carbons (Fsp3) is 0.167. The van der Waals surface area contributed by atoms with Gasteiger partial charge in [-0.1, -0.05) is 46.3 Å². The first-order chi connectivity index (χ1) is 10.7. The third-order valence-electron chi connectivity index (χ3n) is 3.37. The molecular formula is C18H17BrN2O. The standard InChI is InChI=1S/C18H17BrN2O/c1-21(11-14-7-9-16(19)10-8-14)12-17-13-22-18(20-17)15-5-3-2-4-6-15/h2-10,13H,11-12H2,1H3. The molecule has 0 atom stereocenters. The molecular weight excluding hydrogens is 340 g/mol. The molecule has 1 heterocycles. The van der Waals surface area contributed by atoms with Crippen molar-refractivity contribution in [3.63, 3.8) is 0 Å². The number of nitrogens with zero attached hydrogens (tertiary/aromatic N) is 2. The SMILES string of the molecule is CN(Cc1ccc(Br)cc1)Cc1coc(-c2ccccc2)n1. The van der Waals surface area contributed by atoms with Crippen molar-refractivity contribution < 1.29 is 4.42 Å². The van der Waals surface area contributed by atoms with E-state index in [-0.39, 0.29) is 0 Å². The van der Waals surface area contributed by atoms with Gasteiger partial charge < -0.3 is 4.42 Å². The van der Waals surface area contributed by atoms with Crippen LogP contribution in [0.3, 0.4) is 0 Å². The van der Waals surface area contributed by atoms with Gasteiger partial charge in [-0.25, -0.2) is 4.98 Å². The predicted octanol–water partition coefficient (Wildman–Crippen LogP) is 4.74. The van der Waals surface area contributed by atoms with Crippen LogP contribution in [0.25, 0.3) is 11.5 Å². The van der Waals surface area contributed by atoms with Gasteiger partial charge in [0.1, 0.15) is 6.26 Å². The summed E-state index contributed by atoms with van der Waals surface area (Å²) in [5, 5.41) is 0. The van der Waals surface area contributed by atoms with E-state index >= 15 is 0 Å². The van der Waals surface area contributed by atoms with Crippen LogP contribution in [0.4, 0.5) is 0 Å². The Labute approximate surface area is 138 Å². The predicted molar refractivity (Wildman–Crippen MR) is 91.3 cm³/mol. The van der Waals surface area contributed by atoms with E-state index in [0.717, 1.165) is 28.8 Å². The van der Waals surface area contributed by atoms with Crippen molar-refractivity contribution in [3.05, 3.63) is 76.6 Å². The van der Waals surface area contributed by atoms with Crippen LogP contribution in [-0.4, -0.2) is 16.9 Å². The number of aromatic nitrogens is 1. The number of benzene rings is 2. The second-order valence-corrected chi connectivity index (χ2v) is 6.22. The Hall–Kier alpha value is -1.91. The molecule has 0 N–H and O–H groups in total. The molecule has 112 valence electrons. The Kier molecular flexibility index (Phi) is 4.71. The molecule has 0 saturated heterocycles. The average molecular weight is 357 g/mol. The Morgan fingerprint density at radius 1 is 1.00 bits per heavy atom. The Morgan fingerprint density at radius 3 is 2.45 bits per heavy atom. The van der Waals surface area contributed by atoms with Crippen molar-refractivity contribution in [2.75, 3.05) is 7.05 Å². The van der Waals surface area contributed by atoms with Gasteiger partial charge in [0, 0.05) is 23.1 Å². The van der Waals surface area contributed by atoms with E-state index in [1.807, 2.05) is 30.3 Å². The molecule has 22 heavy (non-hydrogen) atoms. The van der Waals surface area contributed by atoms with E-state index < -0.39 is 0 Å². The highest BCUT2D eigenvalue weighted by Gasteiger charge is 2.08. The fourth-order valence-electron chi connectivity index (χ4n) is 2.33. The van der Waals surface area contributed by atoms with Gasteiger partial charge in [0.15, 0.2) is 0 Å². The maximum atomic E-state index is 5.57. The van der Waals surface area contributed by atoms with E-state index in [2.05, 4.69) is 57.1 Å². The highest BCUT2D eigenvalue weighted by molar-refractivity contribution is 9.10. The molecule has 0 amide bonds. The zero-order valence-electron chi connectivity index (χ0n) is 12.4. The van der Waals surface area contributed by atoms with Crippen LogP contribution >= 0.6 is 15.9 Å². The summed E-state index contributed by atoms with van der Waals surface area (Å²) in [5.41, 5.74) is 3.22. The summed E-state index contributed by atoms with van der Waals surface area (Å²) >= 11 is 3.45. The molecule has 0 radical (unpaired) electrons. The summed E-state index contributed by atoms with van der Waals surface area (Å²) < 4.78 is 6.67. The lowest BCUT2D eigenvalue weighted by molar-refractivity contribution is 0.315. The average Bonchev–Trinajstić information content (AvgIpc) is 2.99. The minimum absolute atomic E-state index is 0.674. The fourth-order valence-corrected chi connectivity index (χ4v) is 2.59. The highest BCUT2D eigenvalue weighted by atomic mass is 79.9. The molecule has 0 fully saturated rings. The monoisotopic (exact) mass is 356 g/mol. The zero-order valence-corrected chi connectivity index (χ0v) is 14.0. The van der Waals surface area contributed by atoms with Crippen molar-refractivity contribution in [2.24, 2.45) is 0 Å². The molecule has 0 spiro atoms.